The molecule has 2 N–H and O–H groups in total. The monoisotopic (exact) mass is 746 g/mol. The number of fused-ring (bicyclic) bond motifs is 6. The Kier molecular flexibility index (Phi) is 11.8. The molecule has 13 nitrogen and oxygen atoms in total. The van der Waals surface area contributed by atoms with E-state index >= 15 is 0 Å². The zero-order valence-corrected chi connectivity index (χ0v) is 32.4. The van der Waals surface area contributed by atoms with Crippen molar-refractivity contribution in [1.82, 2.24) is 30.3 Å². The maximum atomic E-state index is 14.0. The normalized spacial score (nSPS) is 20.4. The van der Waals surface area contributed by atoms with Crippen LogP contribution in [0.4, 0.5) is 4.79 Å². The average Bonchev–Trinajstić information content (AvgIpc) is 3.76. The molecule has 4 aromatic rings. The molecule has 2 aliphatic heterocycles. The maximum absolute atomic E-state index is 14.0. The Morgan fingerprint density at radius 3 is 2.75 bits per heavy atom. The van der Waals surface area contributed by atoms with Gasteiger partial charge in [-0.1, -0.05) is 19.9 Å². The molecule has 1 fully saturated rings. The molecule has 0 radical (unpaired) electrons. The Morgan fingerprint density at radius 2 is 2.00 bits per heavy atom. The molecule has 14 heteroatoms. The van der Waals surface area contributed by atoms with E-state index in [0.29, 0.717) is 30.8 Å². The van der Waals surface area contributed by atoms with Crippen molar-refractivity contribution in [2.24, 2.45) is 5.41 Å². The second-order valence-corrected chi connectivity index (χ2v) is 15.5. The van der Waals surface area contributed by atoms with Gasteiger partial charge in [-0.3, -0.25) is 19.6 Å². The first kappa shape index (κ1) is 38.4. The SMILES string of the molecule is CCn1c(-c2cccnc2[C@H](C)OC)c2c3cc(ccc31)-c1csc(n1)C[C@H](NC(=O)OC[C@H](C)OC)C(=O)N1CCC[C@H](N1)C(=O)OCC(C)(C)C2. The van der Waals surface area contributed by atoms with E-state index in [0.717, 1.165) is 51.2 Å². The van der Waals surface area contributed by atoms with Crippen LogP contribution in [0.1, 0.15) is 69.8 Å². The fourth-order valence-electron chi connectivity index (χ4n) is 7.01. The van der Waals surface area contributed by atoms with Crippen LogP contribution in [0.2, 0.25) is 0 Å². The van der Waals surface area contributed by atoms with Crippen LogP contribution in [0.5, 0.6) is 0 Å². The maximum Gasteiger partial charge on any atom is 0.407 e. The van der Waals surface area contributed by atoms with Crippen LogP contribution in [0.25, 0.3) is 33.4 Å². The molecule has 2 amide bonds. The van der Waals surface area contributed by atoms with Crippen molar-refractivity contribution in [2.75, 3.05) is 34.0 Å². The van der Waals surface area contributed by atoms with E-state index < -0.39 is 35.5 Å². The number of benzene rings is 1. The minimum atomic E-state index is -1.00. The van der Waals surface area contributed by atoms with Crippen molar-refractivity contribution in [2.45, 2.75) is 91.1 Å². The summed E-state index contributed by atoms with van der Waals surface area (Å²) in [6.45, 7) is 11.4. The predicted octanol–water partition coefficient (Wildman–Crippen LogP) is 5.85. The number of ether oxygens (including phenoxy) is 4. The van der Waals surface area contributed by atoms with Crippen molar-refractivity contribution in [3.05, 3.63) is 58.2 Å². The summed E-state index contributed by atoms with van der Waals surface area (Å²) in [4.78, 5) is 50.2. The highest BCUT2D eigenvalue weighted by Gasteiger charge is 2.36. The van der Waals surface area contributed by atoms with Gasteiger partial charge in [-0.25, -0.2) is 15.2 Å². The van der Waals surface area contributed by atoms with Gasteiger partial charge in [-0.15, -0.1) is 11.3 Å². The molecular formula is C39H50N6O7S. The minimum absolute atomic E-state index is 0.0241. The van der Waals surface area contributed by atoms with Gasteiger partial charge in [0.25, 0.3) is 5.91 Å². The number of hydrazine groups is 1. The summed E-state index contributed by atoms with van der Waals surface area (Å²) in [5, 5.41) is 7.87. The van der Waals surface area contributed by atoms with E-state index in [-0.39, 0.29) is 31.8 Å². The lowest BCUT2D eigenvalue weighted by Crippen LogP contribution is -2.60. The number of aryl methyl sites for hydroxylation is 1. The molecule has 0 saturated carbocycles. The van der Waals surface area contributed by atoms with Gasteiger partial charge in [0.15, 0.2) is 0 Å². The smallest absolute Gasteiger partial charge is 0.407 e. The van der Waals surface area contributed by atoms with E-state index in [9.17, 15) is 14.4 Å². The summed E-state index contributed by atoms with van der Waals surface area (Å²) in [7, 11) is 3.22. The Hall–Kier alpha value is -4.37. The lowest BCUT2D eigenvalue weighted by atomic mass is 9.84. The fraction of sp³-hybridized carbons (Fsp3) is 0.513. The molecule has 0 unspecified atom stereocenters. The molecule has 1 saturated heterocycles. The van der Waals surface area contributed by atoms with Gasteiger partial charge in [0.1, 0.15) is 18.7 Å². The first-order chi connectivity index (χ1) is 25.4. The number of carbonyl (C=O) groups is 3. The number of cyclic esters (lactones) is 1. The summed E-state index contributed by atoms with van der Waals surface area (Å²) in [6.07, 6.45) is 2.33. The number of hydrogen-bond acceptors (Lipinski definition) is 11. The average molecular weight is 747 g/mol. The number of carbonyl (C=O) groups excluding carboxylic acids is 3. The van der Waals surface area contributed by atoms with E-state index in [1.807, 2.05) is 18.4 Å². The number of hydrogen-bond donors (Lipinski definition) is 2. The molecule has 0 aliphatic carbocycles. The number of nitrogens with one attached hydrogen (secondary N) is 2. The molecular weight excluding hydrogens is 697 g/mol. The zero-order chi connectivity index (χ0) is 37.9. The van der Waals surface area contributed by atoms with E-state index in [4.69, 9.17) is 28.9 Å². The van der Waals surface area contributed by atoms with Crippen LogP contribution in [0, 0.1) is 5.41 Å². The second-order valence-electron chi connectivity index (χ2n) is 14.6. The first-order valence-electron chi connectivity index (χ1n) is 18.2. The minimum Gasteiger partial charge on any atom is -0.464 e. The van der Waals surface area contributed by atoms with Gasteiger partial charge in [0, 0.05) is 72.8 Å². The second kappa shape index (κ2) is 16.3. The Labute approximate surface area is 314 Å². The van der Waals surface area contributed by atoms with Crippen LogP contribution in [0.15, 0.2) is 41.9 Å². The zero-order valence-electron chi connectivity index (χ0n) is 31.6. The van der Waals surface area contributed by atoms with Gasteiger partial charge in [0.2, 0.25) is 0 Å². The summed E-state index contributed by atoms with van der Waals surface area (Å²) >= 11 is 1.42. The van der Waals surface area contributed by atoms with E-state index in [1.165, 1.54) is 23.5 Å². The van der Waals surface area contributed by atoms with Crippen LogP contribution in [0.3, 0.4) is 0 Å². The third-order valence-electron chi connectivity index (χ3n) is 9.98. The molecule has 1 aromatic carbocycles. The third kappa shape index (κ3) is 8.40. The van der Waals surface area contributed by atoms with Gasteiger partial charge >= 0.3 is 12.1 Å². The summed E-state index contributed by atoms with van der Waals surface area (Å²) < 4.78 is 24.7. The number of aromatic nitrogens is 3. The third-order valence-corrected chi connectivity index (χ3v) is 10.9. The predicted molar refractivity (Wildman–Crippen MR) is 202 cm³/mol. The molecule has 53 heavy (non-hydrogen) atoms. The van der Waals surface area contributed by atoms with E-state index in [2.05, 4.69) is 60.3 Å². The van der Waals surface area contributed by atoms with Crippen molar-refractivity contribution >= 4 is 40.2 Å². The number of nitrogens with zero attached hydrogens (tertiary/aromatic N) is 4. The number of methoxy groups -OCH3 is 2. The molecule has 284 valence electrons. The molecule has 5 heterocycles. The van der Waals surface area contributed by atoms with Crippen LogP contribution in [-0.4, -0.2) is 89.7 Å². The fourth-order valence-corrected chi connectivity index (χ4v) is 7.86. The largest absolute Gasteiger partial charge is 0.464 e. The van der Waals surface area contributed by atoms with Crippen molar-refractivity contribution < 1.29 is 33.3 Å². The number of thiazole rings is 1. The summed E-state index contributed by atoms with van der Waals surface area (Å²) in [5.41, 5.74) is 9.40. The molecule has 6 rings (SSSR count). The number of pyridine rings is 1. The number of rotatable bonds is 8. The summed E-state index contributed by atoms with van der Waals surface area (Å²) in [5.74, 6) is -0.824. The van der Waals surface area contributed by atoms with Gasteiger partial charge in [-0.05, 0) is 69.9 Å². The standard InChI is InChI=1S/C39H50N6O7S/c1-8-44-32-14-13-25-17-27(32)28(35(44)26-11-9-15-40-34(26)24(3)50-7)19-39(4,5)22-52-37(47)29-12-10-16-45(43-29)36(46)30(18-33-41-31(25)21-53-33)42-38(48)51-20-23(2)49-6/h9,11,13-15,17,21,23-24,29-30,43H,8,10,12,16,18-20,22H2,1-7H3,(H,42,48)/t23-,24-,29-,30-/m0/s1. The molecule has 6 bridgehead atoms. The Bertz CT molecular complexity index is 1960. The lowest BCUT2D eigenvalue weighted by Gasteiger charge is -2.35. The van der Waals surface area contributed by atoms with Gasteiger partial charge < -0.3 is 28.8 Å². The number of esters is 1. The van der Waals surface area contributed by atoms with Crippen LogP contribution >= 0.6 is 11.3 Å². The van der Waals surface area contributed by atoms with Gasteiger partial charge in [-0.2, -0.15) is 0 Å². The van der Waals surface area contributed by atoms with Gasteiger partial charge in [0.05, 0.1) is 40.9 Å². The molecule has 2 aliphatic rings. The molecule has 4 atom stereocenters. The van der Waals surface area contributed by atoms with Crippen LogP contribution in [-0.2, 0) is 47.9 Å². The highest BCUT2D eigenvalue weighted by molar-refractivity contribution is 7.10. The van der Waals surface area contributed by atoms with Crippen molar-refractivity contribution in [3.63, 3.8) is 0 Å². The quantitative estimate of drug-likeness (QED) is 0.211. The first-order valence-corrected chi connectivity index (χ1v) is 19.1. The highest BCUT2D eigenvalue weighted by atomic mass is 32.1. The molecule has 0 spiro atoms. The van der Waals surface area contributed by atoms with Crippen molar-refractivity contribution in [3.8, 4) is 22.5 Å². The topological polar surface area (TPSA) is 146 Å². The Morgan fingerprint density at radius 1 is 1.19 bits per heavy atom. The molecule has 3 aromatic heterocycles. The Balaban J connectivity index is 1.46. The van der Waals surface area contributed by atoms with Crippen LogP contribution < -0.4 is 10.7 Å². The number of amides is 2. The van der Waals surface area contributed by atoms with Crippen molar-refractivity contribution in [1.29, 1.82) is 0 Å². The highest BCUT2D eigenvalue weighted by Crippen LogP contribution is 2.42. The lowest BCUT2D eigenvalue weighted by molar-refractivity contribution is -0.155. The number of alkyl carbamates (subject to hydrolysis) is 1. The summed E-state index contributed by atoms with van der Waals surface area (Å²) in [6, 6.07) is 8.70. The van der Waals surface area contributed by atoms with E-state index in [1.54, 1.807) is 20.2 Å².